The zero-order chi connectivity index (χ0) is 31.5. The van der Waals surface area contributed by atoms with E-state index in [1.165, 1.54) is 6.07 Å². The summed E-state index contributed by atoms with van der Waals surface area (Å²) in [4.78, 5) is 45.3. The molecule has 43 heavy (non-hydrogen) atoms. The molecule has 0 bridgehead atoms. The second-order valence-electron chi connectivity index (χ2n) is 10.2. The molecule has 14 N–H and O–H groups in total. The van der Waals surface area contributed by atoms with Crippen LogP contribution in [-0.2, 0) is 5.41 Å². The number of nitrogens with zero attached hydrogens (tertiary/aromatic N) is 5. The van der Waals surface area contributed by atoms with Crippen LogP contribution in [0.3, 0.4) is 0 Å². The third kappa shape index (κ3) is 7.31. The van der Waals surface area contributed by atoms with Gasteiger partial charge in [0.25, 0.3) is 11.8 Å². The lowest BCUT2D eigenvalue weighted by molar-refractivity contribution is 0.0964. The predicted octanol–water partition coefficient (Wildman–Crippen LogP) is 1.83. The van der Waals surface area contributed by atoms with E-state index in [2.05, 4.69) is 42.5 Å². The van der Waals surface area contributed by atoms with Crippen LogP contribution in [0, 0.1) is 0 Å². The number of carbonyl (C=O) groups is 2. The fraction of sp³-hybridized carbons (Fsp3) is 0.269. The quantitative estimate of drug-likeness (QED) is 0.115. The lowest BCUT2D eigenvalue weighted by Gasteiger charge is -2.36. The number of nitrogens with two attached hydrogens (primary N) is 6. The molecule has 0 radical (unpaired) electrons. The van der Waals surface area contributed by atoms with Gasteiger partial charge in [-0.3, -0.25) is 20.2 Å². The molecule has 226 valence electrons. The molecule has 1 fully saturated rings. The second-order valence-corrected chi connectivity index (χ2v) is 10.9. The molecule has 17 heteroatoms. The minimum absolute atomic E-state index is 0.0301. The molecule has 1 aliphatic carbocycles. The van der Waals surface area contributed by atoms with Crippen LogP contribution < -0.4 is 45.0 Å². The van der Waals surface area contributed by atoms with Crippen molar-refractivity contribution in [3.63, 3.8) is 0 Å². The van der Waals surface area contributed by atoms with E-state index in [1.807, 2.05) is 12.1 Å². The summed E-state index contributed by atoms with van der Waals surface area (Å²) in [5.74, 6) is -1.84. The molecule has 0 spiro atoms. The van der Waals surface area contributed by atoms with Crippen molar-refractivity contribution in [1.82, 2.24) is 25.6 Å². The van der Waals surface area contributed by atoms with E-state index in [4.69, 9.17) is 57.6 Å². The molecule has 3 aromatic rings. The Balaban J connectivity index is 1.34. The highest BCUT2D eigenvalue weighted by Crippen LogP contribution is 2.40. The molecule has 2 heterocycles. The number of carbonyl (C=O) groups excluding carboxylic acids is 2. The molecule has 1 aliphatic rings. The Bertz CT molecular complexity index is 1620. The summed E-state index contributed by atoms with van der Waals surface area (Å²) < 4.78 is 0. The number of guanidine groups is 2. The highest BCUT2D eigenvalue weighted by molar-refractivity contribution is 6.32. The van der Waals surface area contributed by atoms with Crippen LogP contribution in [0.5, 0.6) is 0 Å². The number of halogens is 2. The molecule has 1 aromatic carbocycles. The summed E-state index contributed by atoms with van der Waals surface area (Å²) in [5.41, 5.74) is 36.1. The molecule has 1 saturated carbocycles. The predicted molar refractivity (Wildman–Crippen MR) is 168 cm³/mol. The number of hydrogen-bond acceptors (Lipinski definition) is 11. The van der Waals surface area contributed by atoms with Crippen molar-refractivity contribution in [2.45, 2.75) is 44.1 Å². The van der Waals surface area contributed by atoms with E-state index in [9.17, 15) is 9.59 Å². The van der Waals surface area contributed by atoms with E-state index in [0.29, 0.717) is 5.69 Å². The van der Waals surface area contributed by atoms with Gasteiger partial charge in [-0.1, -0.05) is 42.3 Å². The molecule has 0 aliphatic heterocycles. The van der Waals surface area contributed by atoms with Gasteiger partial charge in [0.05, 0.1) is 23.1 Å². The highest BCUT2D eigenvalue weighted by atomic mass is 35.5. The number of rotatable bonds is 5. The zero-order valence-electron chi connectivity index (χ0n) is 23.1. The minimum Gasteiger partial charge on any atom is -0.397 e. The number of anilines is 4. The maximum Gasteiger partial charge on any atom is 0.280 e. The highest BCUT2D eigenvalue weighted by Gasteiger charge is 2.33. The first kappa shape index (κ1) is 31.1. The van der Waals surface area contributed by atoms with Gasteiger partial charge in [-0.05, 0) is 54.9 Å². The van der Waals surface area contributed by atoms with Gasteiger partial charge in [0, 0.05) is 0 Å². The van der Waals surface area contributed by atoms with Crippen LogP contribution >= 0.6 is 23.2 Å². The Morgan fingerprint density at radius 1 is 0.837 bits per heavy atom. The van der Waals surface area contributed by atoms with Crippen LogP contribution in [0.2, 0.25) is 10.3 Å². The lowest BCUT2D eigenvalue weighted by atomic mass is 9.70. The minimum atomic E-state index is -0.729. The Labute approximate surface area is 256 Å². The number of aromatic nitrogens is 3. The molecule has 0 unspecified atom stereocenters. The number of nitrogens with one attached hydrogen (secondary N) is 2. The summed E-state index contributed by atoms with van der Waals surface area (Å²) in [6.45, 7) is 2.17. The molecule has 0 atom stereocenters. The van der Waals surface area contributed by atoms with Crippen LogP contribution in [0.15, 0.2) is 40.3 Å². The Kier molecular flexibility index (Phi) is 9.06. The first-order valence-electron chi connectivity index (χ1n) is 13.0. The van der Waals surface area contributed by atoms with Gasteiger partial charge in [0.15, 0.2) is 39.3 Å². The largest absolute Gasteiger partial charge is 0.397 e. The molecular weight excluding hydrogens is 597 g/mol. The van der Waals surface area contributed by atoms with E-state index in [1.54, 1.807) is 12.1 Å². The summed E-state index contributed by atoms with van der Waals surface area (Å²) >= 11 is 11.7. The Morgan fingerprint density at radius 3 is 2.07 bits per heavy atom. The normalized spacial score (nSPS) is 19.1. The number of amides is 2. The van der Waals surface area contributed by atoms with Crippen LogP contribution in [0.1, 0.15) is 59.1 Å². The standard InChI is InChI=1S/C26H31Cl2N13O2/c1-26(8-6-13(7-9-26)36-25(34)40-22(42)16-14(29)10-15(30)18(27)37-16)11-2-4-12(5-3-11)35-24(33)41-23(43)17-20(31)39-21(32)19(28)38-17/h2-5,10,13H,6-9,29-30H2,1H3,(H4,31,32,39)(H3,33,35,41,43)(H3,34,36,40,42). The third-order valence-electron chi connectivity index (χ3n) is 7.04. The first-order chi connectivity index (χ1) is 20.3. The van der Waals surface area contributed by atoms with Crippen LogP contribution in [-0.4, -0.2) is 44.7 Å². The van der Waals surface area contributed by atoms with E-state index in [-0.39, 0.29) is 68.1 Å². The van der Waals surface area contributed by atoms with Gasteiger partial charge < -0.3 is 34.4 Å². The first-order valence-corrected chi connectivity index (χ1v) is 13.7. The van der Waals surface area contributed by atoms with Crippen molar-refractivity contribution in [2.24, 2.45) is 21.5 Å². The number of benzene rings is 1. The summed E-state index contributed by atoms with van der Waals surface area (Å²) in [7, 11) is 0. The summed E-state index contributed by atoms with van der Waals surface area (Å²) in [5, 5.41) is 4.73. The van der Waals surface area contributed by atoms with Crippen molar-refractivity contribution in [3.05, 3.63) is 57.6 Å². The van der Waals surface area contributed by atoms with Crippen LogP contribution in [0.4, 0.5) is 28.7 Å². The zero-order valence-corrected chi connectivity index (χ0v) is 24.6. The summed E-state index contributed by atoms with van der Waals surface area (Å²) in [6.07, 6.45) is 3.16. The average Bonchev–Trinajstić information content (AvgIpc) is 2.94. The monoisotopic (exact) mass is 627 g/mol. The number of pyridine rings is 1. The molecule has 4 rings (SSSR count). The fourth-order valence-corrected chi connectivity index (χ4v) is 4.92. The third-order valence-corrected chi connectivity index (χ3v) is 7.63. The molecule has 2 aromatic heterocycles. The maximum absolute atomic E-state index is 12.5. The topological polar surface area (TPSA) is 278 Å². The smallest absolute Gasteiger partial charge is 0.280 e. The van der Waals surface area contributed by atoms with Gasteiger partial charge in [-0.25, -0.2) is 24.9 Å². The molecular formula is C26H31Cl2N13O2. The maximum atomic E-state index is 12.5. The Hall–Kier alpha value is -4.89. The van der Waals surface area contributed by atoms with Crippen molar-refractivity contribution in [3.8, 4) is 0 Å². The van der Waals surface area contributed by atoms with E-state index in [0.717, 1.165) is 31.2 Å². The molecule has 2 amide bonds. The van der Waals surface area contributed by atoms with E-state index >= 15 is 0 Å². The van der Waals surface area contributed by atoms with E-state index < -0.39 is 11.8 Å². The second kappa shape index (κ2) is 12.5. The SMILES string of the molecule is CC1(c2ccc(N=C(N)NC(=O)c3nc(Cl)c(N)nc3N)cc2)CCC(N=C(N)NC(=O)c2nc(Cl)c(N)cc2N)CC1. The van der Waals surface area contributed by atoms with Gasteiger partial charge in [-0.2, -0.15) is 0 Å². The van der Waals surface area contributed by atoms with Crippen molar-refractivity contribution in [1.29, 1.82) is 0 Å². The van der Waals surface area contributed by atoms with Crippen molar-refractivity contribution < 1.29 is 9.59 Å². The fourth-order valence-electron chi connectivity index (χ4n) is 4.66. The van der Waals surface area contributed by atoms with Crippen molar-refractivity contribution in [2.75, 3.05) is 22.9 Å². The van der Waals surface area contributed by atoms with Crippen LogP contribution in [0.25, 0.3) is 0 Å². The molecule has 0 saturated heterocycles. The Morgan fingerprint density at radius 2 is 1.42 bits per heavy atom. The number of hydrogen-bond donors (Lipinski definition) is 8. The summed E-state index contributed by atoms with van der Waals surface area (Å²) in [6, 6.07) is 8.81. The van der Waals surface area contributed by atoms with Crippen molar-refractivity contribution >= 4 is 75.6 Å². The average molecular weight is 629 g/mol. The van der Waals surface area contributed by atoms with Gasteiger partial charge in [0.1, 0.15) is 0 Å². The number of aliphatic imine (C=N–C) groups is 2. The molecule has 15 nitrogen and oxygen atoms in total. The van der Waals surface area contributed by atoms with Gasteiger partial charge in [0.2, 0.25) is 5.96 Å². The lowest BCUT2D eigenvalue weighted by Crippen LogP contribution is -2.39. The van der Waals surface area contributed by atoms with Gasteiger partial charge >= 0.3 is 0 Å². The van der Waals surface area contributed by atoms with Gasteiger partial charge in [-0.15, -0.1) is 0 Å². The number of nitrogen functional groups attached to an aromatic ring is 4.